The van der Waals surface area contributed by atoms with Crippen molar-refractivity contribution >= 4 is 96.0 Å². The van der Waals surface area contributed by atoms with E-state index in [4.69, 9.17) is 18.9 Å². The van der Waals surface area contributed by atoms with E-state index in [2.05, 4.69) is 148 Å². The fraction of sp³-hybridized carbons (Fsp3) is 0.583. The Morgan fingerprint density at radius 3 is 0.610 bits per heavy atom. The molecule has 0 aliphatic heterocycles. The molecule has 0 radical (unpaired) electrons. The molecule has 4 atom stereocenters. The Labute approximate surface area is 801 Å². The van der Waals surface area contributed by atoms with Crippen molar-refractivity contribution < 1.29 is 134 Å². The Morgan fingerprint density at radius 1 is 0.272 bits per heavy atom. The van der Waals surface area contributed by atoms with E-state index in [1.807, 2.05) is 0 Å². The molecule has 4 aromatic rings. The molecule has 4 rings (SSSR count). The van der Waals surface area contributed by atoms with Crippen molar-refractivity contribution in [3.8, 4) is 46.0 Å². The minimum absolute atomic E-state index is 0.138. The summed E-state index contributed by atoms with van der Waals surface area (Å²) in [5.41, 5.74) is 0.761. The van der Waals surface area contributed by atoms with E-state index in [0.29, 0.717) is 152 Å². The van der Waals surface area contributed by atoms with Gasteiger partial charge in [0.1, 0.15) is 70.2 Å². The summed E-state index contributed by atoms with van der Waals surface area (Å²) < 4.78 is 25.4. The average Bonchev–Trinajstić information content (AvgIpc) is 0.891. The Kier molecular flexibility index (Phi) is 60.4. The number of carbonyl (C=O) groups excluding carboxylic acids is 16. The minimum Gasteiger partial charge on any atom is -0.507 e. The Bertz CT molecular complexity index is 3830. The average molecular weight is 1920 g/mol. The van der Waals surface area contributed by atoms with Crippen LogP contribution in [0.4, 0.5) is 0 Å². The molecule has 12 amide bonds. The van der Waals surface area contributed by atoms with Gasteiger partial charge < -0.3 is 121 Å². The van der Waals surface area contributed by atoms with Crippen LogP contribution in [0.15, 0.2) is 72.8 Å². The second kappa shape index (κ2) is 67.6. The molecule has 40 heteroatoms. The van der Waals surface area contributed by atoms with Crippen molar-refractivity contribution in [2.24, 2.45) is 0 Å². The molecule has 40 nitrogen and oxygen atoms in total. The smallest absolute Gasteiger partial charge is 0.243 e. The van der Waals surface area contributed by atoms with Gasteiger partial charge in [-0.25, -0.2) is 0 Å². The van der Waals surface area contributed by atoms with E-state index >= 15 is 0 Å². The van der Waals surface area contributed by atoms with Crippen LogP contribution in [-0.4, -0.2) is 350 Å². The van der Waals surface area contributed by atoms with Crippen LogP contribution in [0.5, 0.6) is 46.0 Å². The number of hydrogen-bond donors (Lipinski definition) is 16. The van der Waals surface area contributed by atoms with Gasteiger partial charge in [-0.15, -0.1) is 0 Å². The van der Waals surface area contributed by atoms with Gasteiger partial charge in [0, 0.05) is 78.1 Å². The molecular weight excluding hydrogens is 1760 g/mol. The second-order valence-corrected chi connectivity index (χ2v) is 36.7. The first-order chi connectivity index (χ1) is 64.2. The number of nitrogens with one attached hydrogen (secondary N) is 12. The van der Waals surface area contributed by atoms with E-state index < -0.39 is 24.2 Å². The third kappa shape index (κ3) is 59.9. The molecule has 0 aromatic heterocycles. The number of phenolic OH excluding ortho intramolecular Hbond substituents is 4. The molecule has 0 heterocycles. The lowest BCUT2D eigenvalue weighted by Gasteiger charge is -2.24. The number of phenols is 4. The number of unbranched alkanes of at least 4 members (excludes halogenated alkanes) is 8. The van der Waals surface area contributed by atoms with Gasteiger partial charge in [-0.05, 0) is 177 Å². The third-order valence-corrected chi connectivity index (χ3v) is 20.5. The third-order valence-electron chi connectivity index (χ3n) is 20.5. The summed E-state index contributed by atoms with van der Waals surface area (Å²) in [7, 11) is 31.2. The number of aldehydes is 4. The number of amides is 12. The lowest BCUT2D eigenvalue weighted by atomic mass is 10.1. The maximum Gasteiger partial charge on any atom is 0.243 e. The SMILES string of the molecule is CNC(=O)CNC(=O)C(CCCC[N+](C)(C)C)NC(=O)CCCCOc1ccc(C=O)c(O)c1.CNC(=O)CNC(=O)C(CCCC[N+](C)(C)C)NC(=O)CCCCOc1ccc(C=O)c(O)c1.CNC(=O)CNC(=O)C(CCCC[N+](C)(C)C)NC(=O)CCCCOc1ccc(C=O)c(O)c1.CNC(=O)CNC(=O)C(CCCC[N+](C)(C)C)NC(=O)CCCCOc1ccc(C=O)c(O)c1. The van der Waals surface area contributed by atoms with Gasteiger partial charge in [-0.3, -0.25) is 76.7 Å². The number of ether oxygens (including phenoxy) is 4. The summed E-state index contributed by atoms with van der Waals surface area (Å²) in [4.78, 5) is 188. The zero-order valence-electron chi connectivity index (χ0n) is 82.7. The van der Waals surface area contributed by atoms with Gasteiger partial charge in [0.2, 0.25) is 70.9 Å². The molecule has 136 heavy (non-hydrogen) atoms. The van der Waals surface area contributed by atoms with E-state index in [9.17, 15) is 97.1 Å². The normalized spacial score (nSPS) is 11.9. The van der Waals surface area contributed by atoms with Crippen LogP contribution in [0, 0.1) is 0 Å². The van der Waals surface area contributed by atoms with Gasteiger partial charge in [-0.2, -0.15) is 0 Å². The van der Waals surface area contributed by atoms with Crippen molar-refractivity contribution in [3.05, 3.63) is 95.1 Å². The van der Waals surface area contributed by atoms with Crippen LogP contribution in [-0.2, 0) is 57.5 Å². The zero-order valence-corrected chi connectivity index (χ0v) is 82.7. The van der Waals surface area contributed by atoms with E-state index in [-0.39, 0.29) is 168 Å². The molecule has 0 aliphatic carbocycles. The number of hydrogen-bond acceptors (Lipinski definition) is 24. The van der Waals surface area contributed by atoms with E-state index in [1.165, 1.54) is 76.7 Å². The fourth-order valence-electron chi connectivity index (χ4n) is 12.6. The van der Waals surface area contributed by atoms with Gasteiger partial charge in [0.15, 0.2) is 25.1 Å². The lowest BCUT2D eigenvalue weighted by molar-refractivity contribution is -0.870. The molecule has 760 valence electrons. The first kappa shape index (κ1) is 121. The maximum atomic E-state index is 12.5. The Balaban J connectivity index is 0.000000907. The number of quaternary nitrogens is 4. The van der Waals surface area contributed by atoms with Crippen molar-refractivity contribution in [1.82, 2.24) is 63.8 Å². The quantitative estimate of drug-likeness (QED) is 0.0169. The summed E-state index contributed by atoms with van der Waals surface area (Å²) in [5, 5.41) is 69.9. The van der Waals surface area contributed by atoms with E-state index in [0.717, 1.165) is 95.5 Å². The van der Waals surface area contributed by atoms with E-state index in [1.54, 1.807) is 24.3 Å². The Morgan fingerprint density at radius 2 is 0.456 bits per heavy atom. The predicted molar refractivity (Wildman–Crippen MR) is 514 cm³/mol. The molecule has 0 spiro atoms. The monoisotopic (exact) mass is 1920 g/mol. The molecule has 4 aromatic carbocycles. The largest absolute Gasteiger partial charge is 0.507 e. The fourth-order valence-corrected chi connectivity index (χ4v) is 12.6. The number of nitrogens with zero attached hydrogens (tertiary/aromatic N) is 4. The van der Waals surface area contributed by atoms with Crippen LogP contribution >= 0.6 is 0 Å². The molecule has 0 fully saturated rings. The molecular formula is C96H156N16O24+4. The van der Waals surface area contributed by atoms with Gasteiger partial charge in [0.05, 0.1) is 186 Å². The minimum atomic E-state index is -0.694. The number of likely N-dealkylation sites (N-methyl/N-ethyl adjacent to an activating group) is 4. The Hall–Kier alpha value is -12.6. The number of aromatic hydroxyl groups is 4. The highest BCUT2D eigenvalue weighted by Gasteiger charge is 2.27. The first-order valence-electron chi connectivity index (χ1n) is 46.2. The zero-order chi connectivity index (χ0) is 102. The summed E-state index contributed by atoms with van der Waals surface area (Å²) in [6, 6.07) is 15.0. The second-order valence-electron chi connectivity index (χ2n) is 36.7. The summed E-state index contributed by atoms with van der Waals surface area (Å²) in [6.07, 6.45) is 16.5. The van der Waals surface area contributed by atoms with Gasteiger partial charge in [0.25, 0.3) is 0 Å². The van der Waals surface area contributed by atoms with Crippen LogP contribution in [0.25, 0.3) is 0 Å². The van der Waals surface area contributed by atoms with Crippen LogP contribution in [0.2, 0.25) is 0 Å². The number of rotatable bonds is 64. The molecule has 0 saturated carbocycles. The summed E-state index contributed by atoms with van der Waals surface area (Å²) >= 11 is 0. The van der Waals surface area contributed by atoms with Crippen LogP contribution in [0.1, 0.15) is 196 Å². The molecule has 0 saturated heterocycles. The van der Waals surface area contributed by atoms with Crippen molar-refractivity contribution in [2.75, 3.05) is 192 Å². The van der Waals surface area contributed by atoms with Gasteiger partial charge >= 0.3 is 0 Å². The molecule has 0 aliphatic rings. The topological polar surface area (TPSA) is 535 Å². The van der Waals surface area contributed by atoms with Crippen LogP contribution < -0.4 is 82.7 Å². The highest BCUT2D eigenvalue weighted by Crippen LogP contribution is 2.27. The predicted octanol–water partition coefficient (Wildman–Crippen LogP) is 3.91. The van der Waals surface area contributed by atoms with Crippen molar-refractivity contribution in [3.63, 3.8) is 0 Å². The van der Waals surface area contributed by atoms with Crippen molar-refractivity contribution in [2.45, 2.75) is 178 Å². The number of carbonyl (C=O) groups is 16. The molecule has 0 bridgehead atoms. The van der Waals surface area contributed by atoms with Crippen LogP contribution in [0.3, 0.4) is 0 Å². The highest BCUT2D eigenvalue weighted by atomic mass is 16.5. The highest BCUT2D eigenvalue weighted by molar-refractivity contribution is 5.93. The maximum absolute atomic E-state index is 12.5. The first-order valence-corrected chi connectivity index (χ1v) is 46.2. The summed E-state index contributed by atoms with van der Waals surface area (Å²) in [5.74, 6) is -2.48. The van der Waals surface area contributed by atoms with Gasteiger partial charge in [-0.1, -0.05) is 0 Å². The van der Waals surface area contributed by atoms with Crippen molar-refractivity contribution in [1.29, 1.82) is 0 Å². The molecule has 16 N–H and O–H groups in total. The number of benzene rings is 4. The summed E-state index contributed by atoms with van der Waals surface area (Å²) in [6.45, 7) is 4.63. The molecule has 4 unspecified atom stereocenters. The lowest BCUT2D eigenvalue weighted by Crippen LogP contribution is -2.48. The standard InChI is InChI=1S/4C24H38N4O6/c4*1-25-23(32)16-26-24(33)20(9-5-7-13-28(2,3)4)27-22(31)10-6-8-14-34-19-12-11-18(17-29)21(30)15-19/h4*11-12,15,17,20H,5-10,13-14,16H2,1-4H3,(H3-,25,26,27,29,30,31,32,33)/p+4.